The molecule has 0 saturated heterocycles. The highest BCUT2D eigenvalue weighted by Gasteiger charge is 2.16. The molecule has 0 radical (unpaired) electrons. The molecule has 14 heavy (non-hydrogen) atoms. The van der Waals surface area contributed by atoms with Crippen LogP contribution in [0, 0.1) is 0 Å². The van der Waals surface area contributed by atoms with Crippen molar-refractivity contribution in [1.82, 2.24) is 4.98 Å². The summed E-state index contributed by atoms with van der Waals surface area (Å²) in [5.74, 6) is -1.88. The van der Waals surface area contributed by atoms with Crippen LogP contribution in [0.3, 0.4) is 0 Å². The standard InChI is InChI=1S/C8H9NO5/c1-14-3-4-7(8(12)13)5(10)2-6(11)9-4/h2H,3H2,1H3,(H,12,13)(H2,9,10,11). The summed E-state index contributed by atoms with van der Waals surface area (Å²) in [6, 6.07) is 0.808. The molecular weight excluding hydrogens is 190 g/mol. The lowest BCUT2D eigenvalue weighted by Crippen LogP contribution is -2.14. The van der Waals surface area contributed by atoms with Gasteiger partial charge in [0.25, 0.3) is 5.56 Å². The van der Waals surface area contributed by atoms with Gasteiger partial charge in [-0.2, -0.15) is 0 Å². The summed E-state index contributed by atoms with van der Waals surface area (Å²) >= 11 is 0. The minimum atomic E-state index is -1.31. The van der Waals surface area contributed by atoms with E-state index in [9.17, 15) is 14.7 Å². The van der Waals surface area contributed by atoms with Gasteiger partial charge in [-0.25, -0.2) is 4.79 Å². The molecule has 6 nitrogen and oxygen atoms in total. The number of H-pyrrole nitrogens is 1. The number of hydrogen-bond acceptors (Lipinski definition) is 4. The number of methoxy groups -OCH3 is 1. The Hall–Kier alpha value is -1.82. The van der Waals surface area contributed by atoms with Crippen molar-refractivity contribution in [3.05, 3.63) is 27.7 Å². The molecule has 0 unspecified atom stereocenters. The maximum atomic E-state index is 10.9. The maximum absolute atomic E-state index is 10.9. The number of carboxylic acid groups (broad SMARTS) is 1. The first-order valence-electron chi connectivity index (χ1n) is 3.73. The van der Waals surface area contributed by atoms with Gasteiger partial charge in [-0.1, -0.05) is 0 Å². The Morgan fingerprint density at radius 1 is 1.64 bits per heavy atom. The lowest BCUT2D eigenvalue weighted by molar-refractivity contribution is 0.0687. The first-order chi connectivity index (χ1) is 6.56. The predicted molar refractivity (Wildman–Crippen MR) is 46.4 cm³/mol. The Labute approximate surface area is 78.8 Å². The number of carbonyl (C=O) groups is 1. The number of carboxylic acids is 1. The number of aromatic hydroxyl groups is 1. The largest absolute Gasteiger partial charge is 0.507 e. The fourth-order valence-electron chi connectivity index (χ4n) is 1.09. The molecule has 1 aromatic heterocycles. The number of aromatic amines is 1. The molecule has 76 valence electrons. The van der Waals surface area contributed by atoms with Crippen molar-refractivity contribution >= 4 is 5.97 Å². The van der Waals surface area contributed by atoms with Crippen molar-refractivity contribution in [2.45, 2.75) is 6.61 Å². The first-order valence-corrected chi connectivity index (χ1v) is 3.73. The number of hydrogen-bond donors (Lipinski definition) is 3. The highest BCUT2D eigenvalue weighted by atomic mass is 16.5. The summed E-state index contributed by atoms with van der Waals surface area (Å²) in [5, 5.41) is 17.9. The lowest BCUT2D eigenvalue weighted by atomic mass is 10.2. The number of ether oxygens (including phenoxy) is 1. The third kappa shape index (κ3) is 1.91. The highest BCUT2D eigenvalue weighted by Crippen LogP contribution is 2.17. The molecule has 0 aliphatic carbocycles. The summed E-state index contributed by atoms with van der Waals surface area (Å²) in [7, 11) is 1.36. The Morgan fingerprint density at radius 3 is 2.79 bits per heavy atom. The molecule has 3 N–H and O–H groups in total. The van der Waals surface area contributed by atoms with E-state index in [-0.39, 0.29) is 17.9 Å². The molecule has 0 aromatic carbocycles. The van der Waals surface area contributed by atoms with Crippen molar-refractivity contribution < 1.29 is 19.7 Å². The summed E-state index contributed by atoms with van der Waals surface area (Å²) in [4.78, 5) is 23.9. The molecule has 1 rings (SSSR count). The SMILES string of the molecule is COCc1[nH]c(=O)cc(O)c1C(=O)O. The van der Waals surface area contributed by atoms with Crippen molar-refractivity contribution in [1.29, 1.82) is 0 Å². The first kappa shape index (κ1) is 10.3. The summed E-state index contributed by atoms with van der Waals surface area (Å²) < 4.78 is 4.68. The fraction of sp³-hybridized carbons (Fsp3) is 0.250. The zero-order valence-electron chi connectivity index (χ0n) is 7.40. The van der Waals surface area contributed by atoms with Crippen molar-refractivity contribution in [2.75, 3.05) is 7.11 Å². The third-order valence-corrected chi connectivity index (χ3v) is 1.60. The molecule has 1 heterocycles. The number of pyridine rings is 1. The third-order valence-electron chi connectivity index (χ3n) is 1.60. The number of nitrogens with one attached hydrogen (secondary N) is 1. The van der Waals surface area contributed by atoms with Gasteiger partial charge in [-0.05, 0) is 0 Å². The van der Waals surface area contributed by atoms with E-state index in [1.807, 2.05) is 0 Å². The van der Waals surface area contributed by atoms with Gasteiger partial charge in [0.2, 0.25) is 0 Å². The molecule has 0 fully saturated rings. The predicted octanol–water partition coefficient (Wildman–Crippen LogP) is -0.0749. The molecule has 0 saturated carbocycles. The van der Waals surface area contributed by atoms with Crippen molar-refractivity contribution in [2.24, 2.45) is 0 Å². The van der Waals surface area contributed by atoms with E-state index in [2.05, 4.69) is 9.72 Å². The summed E-state index contributed by atoms with van der Waals surface area (Å²) in [6.07, 6.45) is 0. The number of aromatic carboxylic acids is 1. The van der Waals surface area contributed by atoms with Gasteiger partial charge >= 0.3 is 5.97 Å². The molecule has 1 aromatic rings. The van der Waals surface area contributed by atoms with Crippen molar-refractivity contribution in [3.63, 3.8) is 0 Å². The zero-order valence-corrected chi connectivity index (χ0v) is 7.40. The van der Waals surface area contributed by atoms with E-state index in [0.717, 1.165) is 6.07 Å². The molecule has 0 aliphatic rings. The van der Waals surface area contributed by atoms with Crippen LogP contribution >= 0.6 is 0 Å². The van der Waals surface area contributed by atoms with Crippen LogP contribution < -0.4 is 5.56 Å². The molecule has 6 heteroatoms. The van der Waals surface area contributed by atoms with Crippen LogP contribution in [0.1, 0.15) is 16.1 Å². The molecule has 0 bridgehead atoms. The van der Waals surface area contributed by atoms with E-state index < -0.39 is 17.3 Å². The summed E-state index contributed by atoms with van der Waals surface area (Å²) in [6.45, 7) is -0.0781. The molecule has 0 aliphatic heterocycles. The zero-order chi connectivity index (χ0) is 10.7. The second-order valence-corrected chi connectivity index (χ2v) is 2.61. The number of rotatable bonds is 3. The molecule has 0 amide bonds. The Morgan fingerprint density at radius 2 is 2.29 bits per heavy atom. The van der Waals surface area contributed by atoms with E-state index in [1.54, 1.807) is 0 Å². The van der Waals surface area contributed by atoms with Crippen LogP contribution in [-0.2, 0) is 11.3 Å². The molecular formula is C8H9NO5. The monoisotopic (exact) mass is 199 g/mol. The van der Waals surface area contributed by atoms with Crippen LogP contribution in [0.25, 0.3) is 0 Å². The Balaban J connectivity index is 3.36. The smallest absolute Gasteiger partial charge is 0.341 e. The number of aromatic nitrogens is 1. The van der Waals surface area contributed by atoms with Gasteiger partial charge in [-0.3, -0.25) is 4.79 Å². The summed E-state index contributed by atoms with van der Waals surface area (Å²) in [5.41, 5.74) is -0.865. The second kappa shape index (κ2) is 3.93. The topological polar surface area (TPSA) is 99.6 Å². The maximum Gasteiger partial charge on any atom is 0.341 e. The highest BCUT2D eigenvalue weighted by molar-refractivity contribution is 5.91. The normalized spacial score (nSPS) is 10.1. The molecule has 0 spiro atoms. The van der Waals surface area contributed by atoms with Gasteiger partial charge < -0.3 is 19.9 Å². The van der Waals surface area contributed by atoms with Crippen LogP contribution in [0.15, 0.2) is 10.9 Å². The molecule has 0 atom stereocenters. The van der Waals surface area contributed by atoms with Gasteiger partial charge in [0.1, 0.15) is 11.3 Å². The van der Waals surface area contributed by atoms with E-state index >= 15 is 0 Å². The second-order valence-electron chi connectivity index (χ2n) is 2.61. The van der Waals surface area contributed by atoms with Crippen LogP contribution in [0.5, 0.6) is 5.75 Å². The average Bonchev–Trinajstić information content (AvgIpc) is 2.01. The van der Waals surface area contributed by atoms with E-state index in [1.165, 1.54) is 7.11 Å². The van der Waals surface area contributed by atoms with Crippen molar-refractivity contribution in [3.8, 4) is 5.75 Å². The fourth-order valence-corrected chi connectivity index (χ4v) is 1.09. The lowest BCUT2D eigenvalue weighted by Gasteiger charge is -2.05. The van der Waals surface area contributed by atoms with Gasteiger partial charge in [0.15, 0.2) is 0 Å². The van der Waals surface area contributed by atoms with Crippen LogP contribution in [0.2, 0.25) is 0 Å². The minimum Gasteiger partial charge on any atom is -0.507 e. The Bertz CT molecular complexity index is 409. The van der Waals surface area contributed by atoms with E-state index in [4.69, 9.17) is 5.11 Å². The minimum absolute atomic E-state index is 0.0463. The van der Waals surface area contributed by atoms with Gasteiger partial charge in [-0.15, -0.1) is 0 Å². The van der Waals surface area contributed by atoms with Gasteiger partial charge in [0, 0.05) is 13.2 Å². The average molecular weight is 199 g/mol. The van der Waals surface area contributed by atoms with Crippen LogP contribution in [-0.4, -0.2) is 28.3 Å². The van der Waals surface area contributed by atoms with E-state index in [0.29, 0.717) is 0 Å². The Kier molecular flexibility index (Phi) is 2.88. The van der Waals surface area contributed by atoms with Gasteiger partial charge in [0.05, 0.1) is 12.3 Å². The quantitative estimate of drug-likeness (QED) is 0.632. The van der Waals surface area contributed by atoms with Crippen LogP contribution in [0.4, 0.5) is 0 Å².